The standard InChI is InChI=1S/C16H16Cl2N2O2S.C2H6/c1-9-2-4-11(17)7-13(9)20-23(22)15-8-14-10(6-12(15)18)3-5-16(21)19-14;1-2/h2,4,6-8,12,15,20,22H,3,5H2,1H3;1-2H3/p+1. The highest BCUT2D eigenvalue weighted by Crippen LogP contribution is 2.32. The smallest absolute Gasteiger partial charge is 0.272 e. The Kier molecular flexibility index (Phi) is 7.25. The van der Waals surface area contributed by atoms with Crippen LogP contribution in [0.4, 0.5) is 5.69 Å². The SMILES string of the molecule is CC.Cc1ccc(Cl)cc1N[S+](O)C1C=C2NC(=O)CCC2=CC1Cl. The molecule has 0 bridgehead atoms. The second-order valence-electron chi connectivity index (χ2n) is 5.61. The molecule has 4 nitrogen and oxygen atoms in total. The van der Waals surface area contributed by atoms with E-state index < -0.39 is 11.4 Å². The average molecular weight is 402 g/mol. The number of allylic oxidation sites excluding steroid dienone is 2. The maximum absolute atomic E-state index is 11.5. The first kappa shape index (κ1) is 20.2. The van der Waals surface area contributed by atoms with Crippen molar-refractivity contribution in [1.29, 1.82) is 0 Å². The number of benzene rings is 1. The molecule has 0 spiro atoms. The summed E-state index contributed by atoms with van der Waals surface area (Å²) >= 11 is 11.2. The zero-order valence-electron chi connectivity index (χ0n) is 14.5. The van der Waals surface area contributed by atoms with Crippen LogP contribution in [0.25, 0.3) is 0 Å². The van der Waals surface area contributed by atoms with Crippen molar-refractivity contribution in [2.75, 3.05) is 4.72 Å². The highest BCUT2D eigenvalue weighted by atomic mass is 35.5. The molecule has 1 aromatic rings. The number of alkyl halides is 1. The van der Waals surface area contributed by atoms with Gasteiger partial charge in [0.15, 0.2) is 0 Å². The number of fused-ring (bicyclic) bond motifs is 1. The molecule has 25 heavy (non-hydrogen) atoms. The van der Waals surface area contributed by atoms with E-state index in [-0.39, 0.29) is 16.5 Å². The van der Waals surface area contributed by atoms with Gasteiger partial charge in [-0.05, 0) is 42.7 Å². The minimum absolute atomic E-state index is 0.00311. The Balaban J connectivity index is 0.00000109. The van der Waals surface area contributed by atoms with Gasteiger partial charge in [-0.1, -0.05) is 37.6 Å². The summed E-state index contributed by atoms with van der Waals surface area (Å²) in [7, 11) is 0. The van der Waals surface area contributed by atoms with E-state index in [0.717, 1.165) is 22.5 Å². The van der Waals surface area contributed by atoms with E-state index >= 15 is 0 Å². The van der Waals surface area contributed by atoms with Gasteiger partial charge >= 0.3 is 0 Å². The molecule has 3 atom stereocenters. The van der Waals surface area contributed by atoms with E-state index in [1.54, 1.807) is 12.1 Å². The molecule has 0 radical (unpaired) electrons. The van der Waals surface area contributed by atoms with Gasteiger partial charge in [0.05, 0.1) is 5.69 Å². The average Bonchev–Trinajstić information content (AvgIpc) is 2.59. The summed E-state index contributed by atoms with van der Waals surface area (Å²) in [5.74, 6) is -0.00311. The van der Waals surface area contributed by atoms with Crippen LogP contribution < -0.4 is 10.0 Å². The van der Waals surface area contributed by atoms with Crippen LogP contribution in [0.2, 0.25) is 5.02 Å². The maximum atomic E-state index is 11.5. The first-order chi connectivity index (χ1) is 11.9. The summed E-state index contributed by atoms with van der Waals surface area (Å²) in [5.41, 5.74) is 3.56. The van der Waals surface area contributed by atoms with Crippen LogP contribution in [0.1, 0.15) is 32.3 Å². The normalized spacial score (nSPS) is 23.2. The van der Waals surface area contributed by atoms with Crippen LogP contribution in [-0.4, -0.2) is 21.1 Å². The van der Waals surface area contributed by atoms with E-state index in [4.69, 9.17) is 23.2 Å². The maximum Gasteiger partial charge on any atom is 0.272 e. The molecule has 0 aromatic heterocycles. The van der Waals surface area contributed by atoms with Crippen molar-refractivity contribution in [1.82, 2.24) is 5.32 Å². The summed E-state index contributed by atoms with van der Waals surface area (Å²) in [4.78, 5) is 11.5. The lowest BCUT2D eigenvalue weighted by Gasteiger charge is -2.26. The Bertz CT molecular complexity index is 706. The Hall–Kier alpha value is -1.14. The lowest BCUT2D eigenvalue weighted by atomic mass is 9.95. The van der Waals surface area contributed by atoms with Gasteiger partial charge in [-0.25, -0.2) is 0 Å². The summed E-state index contributed by atoms with van der Waals surface area (Å²) in [6, 6.07) is 5.46. The third-order valence-corrected chi connectivity index (χ3v) is 6.07. The van der Waals surface area contributed by atoms with E-state index in [0.29, 0.717) is 17.9 Å². The highest BCUT2D eigenvalue weighted by molar-refractivity contribution is 7.93. The van der Waals surface area contributed by atoms with Crippen LogP contribution in [0.5, 0.6) is 0 Å². The molecule has 1 saturated heterocycles. The molecule has 136 valence electrons. The Morgan fingerprint density at radius 3 is 2.72 bits per heavy atom. The molecule has 3 rings (SSSR count). The molecule has 0 saturated carbocycles. The molecule has 1 amide bonds. The first-order valence-corrected chi connectivity index (χ1v) is 10.3. The lowest BCUT2D eigenvalue weighted by molar-refractivity contribution is -0.120. The van der Waals surface area contributed by atoms with Crippen molar-refractivity contribution in [3.05, 3.63) is 52.2 Å². The molecular formula is C18H23Cl2N2O2S+. The largest absolute Gasteiger partial charge is 0.326 e. The van der Waals surface area contributed by atoms with Crippen LogP contribution in [0.3, 0.4) is 0 Å². The number of amides is 1. The highest BCUT2D eigenvalue weighted by Gasteiger charge is 2.39. The monoisotopic (exact) mass is 401 g/mol. The van der Waals surface area contributed by atoms with Gasteiger partial charge in [0.2, 0.25) is 11.2 Å². The molecule has 1 aliphatic carbocycles. The van der Waals surface area contributed by atoms with Crippen molar-refractivity contribution in [3.8, 4) is 0 Å². The minimum Gasteiger partial charge on any atom is -0.326 e. The number of carbonyl (C=O) groups is 1. The van der Waals surface area contributed by atoms with Crippen LogP contribution >= 0.6 is 23.2 Å². The number of hydrogen-bond donors (Lipinski definition) is 3. The number of anilines is 1. The summed E-state index contributed by atoms with van der Waals surface area (Å²) in [6.07, 6.45) is 4.93. The van der Waals surface area contributed by atoms with Crippen LogP contribution in [0.15, 0.2) is 41.6 Å². The summed E-state index contributed by atoms with van der Waals surface area (Å²) in [5, 5.41) is 2.79. The van der Waals surface area contributed by atoms with Gasteiger partial charge in [0.1, 0.15) is 5.38 Å². The number of halogens is 2. The lowest BCUT2D eigenvalue weighted by Crippen LogP contribution is -2.39. The predicted octanol–water partition coefficient (Wildman–Crippen LogP) is 4.80. The number of carbonyl (C=O) groups excluding carboxylic acids is 1. The summed E-state index contributed by atoms with van der Waals surface area (Å²) < 4.78 is 13.7. The van der Waals surface area contributed by atoms with Gasteiger partial charge in [0.25, 0.3) is 11.4 Å². The van der Waals surface area contributed by atoms with Gasteiger partial charge in [-0.3, -0.25) is 4.79 Å². The van der Waals surface area contributed by atoms with Gasteiger partial charge in [0, 0.05) is 17.1 Å². The molecular weight excluding hydrogens is 379 g/mol. The topological polar surface area (TPSA) is 61.4 Å². The third-order valence-electron chi connectivity index (χ3n) is 3.92. The van der Waals surface area contributed by atoms with E-state index in [1.165, 1.54) is 0 Å². The Morgan fingerprint density at radius 2 is 2.00 bits per heavy atom. The quantitative estimate of drug-likeness (QED) is 0.503. The van der Waals surface area contributed by atoms with E-state index in [2.05, 4.69) is 10.0 Å². The van der Waals surface area contributed by atoms with Crippen LogP contribution in [0, 0.1) is 6.92 Å². The molecule has 3 unspecified atom stereocenters. The molecule has 1 aromatic carbocycles. The van der Waals surface area contributed by atoms with Gasteiger partial charge in [-0.2, -0.15) is 9.27 Å². The van der Waals surface area contributed by atoms with Crippen molar-refractivity contribution in [2.45, 2.75) is 44.2 Å². The van der Waals surface area contributed by atoms with Gasteiger partial charge < -0.3 is 5.32 Å². The van der Waals surface area contributed by atoms with Gasteiger partial charge in [-0.15, -0.1) is 11.6 Å². The fourth-order valence-electron chi connectivity index (χ4n) is 2.61. The van der Waals surface area contributed by atoms with E-state index in [1.807, 2.05) is 39.0 Å². The van der Waals surface area contributed by atoms with Crippen molar-refractivity contribution < 1.29 is 9.35 Å². The van der Waals surface area contributed by atoms with Crippen molar-refractivity contribution in [2.24, 2.45) is 0 Å². The molecule has 3 N–H and O–H groups in total. The number of rotatable bonds is 3. The van der Waals surface area contributed by atoms with E-state index in [9.17, 15) is 9.35 Å². The zero-order valence-corrected chi connectivity index (χ0v) is 16.8. The second-order valence-corrected chi connectivity index (χ2v) is 7.92. The fraction of sp³-hybridized carbons (Fsp3) is 0.389. The predicted molar refractivity (Wildman–Crippen MR) is 108 cm³/mol. The Morgan fingerprint density at radius 1 is 1.28 bits per heavy atom. The molecule has 1 aliphatic heterocycles. The number of nitrogens with one attached hydrogen (secondary N) is 2. The van der Waals surface area contributed by atoms with Crippen molar-refractivity contribution in [3.63, 3.8) is 0 Å². The van der Waals surface area contributed by atoms with Crippen molar-refractivity contribution >= 4 is 46.2 Å². The third kappa shape index (κ3) is 4.94. The number of hydrogen-bond acceptors (Lipinski definition) is 3. The minimum atomic E-state index is -1.20. The Labute approximate surface area is 162 Å². The fourth-order valence-corrected chi connectivity index (χ4v) is 4.47. The molecule has 7 heteroatoms. The summed E-state index contributed by atoms with van der Waals surface area (Å²) in [6.45, 7) is 5.94. The van der Waals surface area contributed by atoms with Crippen LogP contribution in [-0.2, 0) is 16.2 Å². The first-order valence-electron chi connectivity index (χ1n) is 8.26. The molecule has 1 heterocycles. The second kappa shape index (κ2) is 8.99. The zero-order chi connectivity index (χ0) is 18.6. The molecule has 2 aliphatic rings. The number of piperidine rings is 1. The molecule has 1 fully saturated rings. The number of aryl methyl sites for hydroxylation is 1.